The monoisotopic (exact) mass is 578 g/mol. The minimum absolute atomic E-state index is 0.0481. The summed E-state index contributed by atoms with van der Waals surface area (Å²) in [5.41, 5.74) is 3.96. The zero-order chi connectivity index (χ0) is 28.4. The van der Waals surface area contributed by atoms with Crippen molar-refractivity contribution in [3.63, 3.8) is 0 Å². The van der Waals surface area contributed by atoms with Gasteiger partial charge in [0.15, 0.2) is 0 Å². The summed E-state index contributed by atoms with van der Waals surface area (Å²) in [6, 6.07) is 12.8. The molecule has 5 heterocycles. The van der Waals surface area contributed by atoms with Crippen LogP contribution in [-0.4, -0.2) is 85.7 Å². The summed E-state index contributed by atoms with van der Waals surface area (Å²) in [5, 5.41) is 2.35. The highest BCUT2D eigenvalue weighted by Gasteiger charge is 2.53. The number of hydrogen-bond acceptors (Lipinski definition) is 7. The number of ether oxygens (including phenoxy) is 1. The number of fused-ring (bicyclic) bond motifs is 1. The molecule has 5 aliphatic heterocycles. The molecule has 1 spiro atoms. The average Bonchev–Trinajstić information content (AvgIpc) is 3.23. The fourth-order valence-corrected chi connectivity index (χ4v) is 8.56. The Morgan fingerprint density at radius 2 is 1.68 bits per heavy atom. The Morgan fingerprint density at radius 3 is 2.34 bits per heavy atom. The highest BCUT2D eigenvalue weighted by molar-refractivity contribution is 7.89. The van der Waals surface area contributed by atoms with E-state index in [1.54, 1.807) is 21.3 Å². The summed E-state index contributed by atoms with van der Waals surface area (Å²) in [6.07, 6.45) is 2.61. The van der Waals surface area contributed by atoms with E-state index >= 15 is 0 Å². The van der Waals surface area contributed by atoms with Crippen LogP contribution in [0, 0.1) is 5.41 Å². The number of likely N-dealkylation sites (tertiary alicyclic amines) is 1. The van der Waals surface area contributed by atoms with Gasteiger partial charge in [0.1, 0.15) is 6.04 Å². The molecule has 0 bridgehead atoms. The van der Waals surface area contributed by atoms with E-state index in [4.69, 9.17) is 4.74 Å². The lowest BCUT2D eigenvalue weighted by molar-refractivity contribution is -0.166. The second-order valence-electron chi connectivity index (χ2n) is 12.3. The molecule has 2 aromatic carbocycles. The second kappa shape index (κ2) is 10.0. The van der Waals surface area contributed by atoms with Crippen molar-refractivity contribution in [2.24, 2.45) is 5.41 Å². The highest BCUT2D eigenvalue weighted by Crippen LogP contribution is 2.40. The number of piperidine rings is 2. The topological polar surface area (TPSA) is 116 Å². The molecule has 4 fully saturated rings. The summed E-state index contributed by atoms with van der Waals surface area (Å²) < 4.78 is 32.7. The molecule has 0 radical (unpaired) electrons. The molecule has 41 heavy (non-hydrogen) atoms. The van der Waals surface area contributed by atoms with Gasteiger partial charge in [-0.05, 0) is 73.2 Å². The third kappa shape index (κ3) is 4.78. The van der Waals surface area contributed by atoms with Crippen LogP contribution in [0.3, 0.4) is 0 Å². The molecule has 0 aromatic heterocycles. The van der Waals surface area contributed by atoms with E-state index in [1.807, 2.05) is 24.3 Å². The number of benzene rings is 2. The zero-order valence-corrected chi connectivity index (χ0v) is 23.7. The minimum atomic E-state index is -3.45. The van der Waals surface area contributed by atoms with Crippen LogP contribution in [0.25, 0.3) is 0 Å². The number of rotatable bonds is 6. The van der Waals surface area contributed by atoms with Crippen molar-refractivity contribution >= 4 is 27.7 Å². The number of nitrogens with one attached hydrogen (secondary N) is 1. The molecule has 4 saturated heterocycles. The van der Waals surface area contributed by atoms with Crippen molar-refractivity contribution in [2.45, 2.75) is 55.6 Å². The first-order valence-electron chi connectivity index (χ1n) is 14.4. The fourth-order valence-electron chi connectivity index (χ4n) is 6.89. The summed E-state index contributed by atoms with van der Waals surface area (Å²) in [7, 11) is -3.45. The van der Waals surface area contributed by atoms with Gasteiger partial charge in [-0.2, -0.15) is 4.31 Å². The predicted octanol–water partition coefficient (Wildman–Crippen LogP) is 1.85. The van der Waals surface area contributed by atoms with Crippen molar-refractivity contribution in [1.82, 2.24) is 19.4 Å². The van der Waals surface area contributed by atoms with Crippen LogP contribution >= 0.6 is 0 Å². The number of amides is 3. The quantitative estimate of drug-likeness (QED) is 0.520. The highest BCUT2D eigenvalue weighted by atomic mass is 32.2. The summed E-state index contributed by atoms with van der Waals surface area (Å²) >= 11 is 0. The SMILES string of the molecule is O=C1CCC(N2Cc3cc(C4CCN(Cc5ccc(S(=O)(=O)N6CC7(COC7)C6)cc5)CC4)ccc3C2=O)C(=O)N1. The van der Waals surface area contributed by atoms with E-state index in [2.05, 4.69) is 16.3 Å². The van der Waals surface area contributed by atoms with Crippen LogP contribution < -0.4 is 5.32 Å². The van der Waals surface area contributed by atoms with Gasteiger partial charge in [0.05, 0.1) is 18.1 Å². The van der Waals surface area contributed by atoms with Gasteiger partial charge < -0.3 is 9.64 Å². The lowest BCUT2D eigenvalue weighted by Gasteiger charge is -2.53. The molecular weight excluding hydrogens is 544 g/mol. The Balaban J connectivity index is 0.935. The van der Waals surface area contributed by atoms with Gasteiger partial charge in [-0.25, -0.2) is 8.42 Å². The van der Waals surface area contributed by atoms with E-state index in [9.17, 15) is 22.8 Å². The number of nitrogens with zero attached hydrogens (tertiary/aromatic N) is 3. The molecule has 2 aromatic rings. The van der Waals surface area contributed by atoms with Gasteiger partial charge in [-0.15, -0.1) is 0 Å². The first-order chi connectivity index (χ1) is 19.7. The Kier molecular flexibility index (Phi) is 6.53. The molecule has 10 nitrogen and oxygen atoms in total. The molecule has 1 N–H and O–H groups in total. The van der Waals surface area contributed by atoms with E-state index < -0.39 is 16.1 Å². The molecule has 216 valence electrons. The summed E-state index contributed by atoms with van der Waals surface area (Å²) in [5.74, 6) is -0.421. The third-order valence-corrected chi connectivity index (χ3v) is 11.2. The molecule has 3 amide bonds. The van der Waals surface area contributed by atoms with Crippen LogP contribution in [-0.2, 0) is 37.4 Å². The number of sulfonamides is 1. The minimum Gasteiger partial charge on any atom is -0.380 e. The van der Waals surface area contributed by atoms with Crippen LogP contribution in [0.2, 0.25) is 0 Å². The Labute approximate surface area is 239 Å². The van der Waals surface area contributed by atoms with Crippen molar-refractivity contribution in [1.29, 1.82) is 0 Å². The Morgan fingerprint density at radius 1 is 0.951 bits per heavy atom. The van der Waals surface area contributed by atoms with Crippen LogP contribution in [0.15, 0.2) is 47.4 Å². The second-order valence-corrected chi connectivity index (χ2v) is 14.2. The van der Waals surface area contributed by atoms with Gasteiger partial charge in [0.25, 0.3) is 5.91 Å². The van der Waals surface area contributed by atoms with Crippen molar-refractivity contribution in [2.75, 3.05) is 39.4 Å². The van der Waals surface area contributed by atoms with E-state index in [1.165, 1.54) is 5.56 Å². The molecular formula is C30H34N4O6S. The van der Waals surface area contributed by atoms with Crippen LogP contribution in [0.5, 0.6) is 0 Å². The number of carbonyl (C=O) groups excluding carboxylic acids is 3. The first kappa shape index (κ1) is 26.8. The average molecular weight is 579 g/mol. The largest absolute Gasteiger partial charge is 0.380 e. The normalized spacial score (nSPS) is 25.1. The number of hydrogen-bond donors (Lipinski definition) is 1. The zero-order valence-electron chi connectivity index (χ0n) is 22.9. The molecule has 5 aliphatic rings. The van der Waals surface area contributed by atoms with Gasteiger partial charge in [-0.1, -0.05) is 24.3 Å². The predicted molar refractivity (Wildman–Crippen MR) is 148 cm³/mol. The molecule has 1 unspecified atom stereocenters. The number of imide groups is 1. The van der Waals surface area contributed by atoms with E-state index in [-0.39, 0.29) is 29.6 Å². The summed E-state index contributed by atoms with van der Waals surface area (Å²) in [6.45, 7) is 5.44. The van der Waals surface area contributed by atoms with Gasteiger partial charge in [0.2, 0.25) is 21.8 Å². The maximum atomic E-state index is 13.0. The summed E-state index contributed by atoms with van der Waals surface area (Å²) in [4.78, 5) is 41.2. The van der Waals surface area contributed by atoms with Crippen molar-refractivity contribution < 1.29 is 27.5 Å². The lowest BCUT2D eigenvalue weighted by Crippen LogP contribution is -2.66. The van der Waals surface area contributed by atoms with Crippen LogP contribution in [0.4, 0.5) is 0 Å². The Hall–Kier alpha value is -3.12. The van der Waals surface area contributed by atoms with Gasteiger partial charge in [-0.3, -0.25) is 24.6 Å². The van der Waals surface area contributed by atoms with Crippen molar-refractivity contribution in [3.05, 3.63) is 64.7 Å². The van der Waals surface area contributed by atoms with E-state index in [0.29, 0.717) is 55.6 Å². The third-order valence-electron chi connectivity index (χ3n) is 9.41. The molecule has 0 saturated carbocycles. The van der Waals surface area contributed by atoms with Crippen LogP contribution in [0.1, 0.15) is 58.6 Å². The van der Waals surface area contributed by atoms with E-state index in [0.717, 1.165) is 43.6 Å². The maximum absolute atomic E-state index is 13.0. The smallest absolute Gasteiger partial charge is 0.255 e. The number of carbonyl (C=O) groups is 3. The maximum Gasteiger partial charge on any atom is 0.255 e. The molecule has 11 heteroatoms. The molecule has 1 atom stereocenters. The Bertz CT molecular complexity index is 1500. The van der Waals surface area contributed by atoms with Crippen molar-refractivity contribution in [3.8, 4) is 0 Å². The van der Waals surface area contributed by atoms with Gasteiger partial charge in [0, 0.05) is 43.6 Å². The fraction of sp³-hybridized carbons (Fsp3) is 0.500. The molecule has 0 aliphatic carbocycles. The lowest BCUT2D eigenvalue weighted by atomic mass is 9.80. The van der Waals surface area contributed by atoms with Gasteiger partial charge >= 0.3 is 0 Å². The first-order valence-corrected chi connectivity index (χ1v) is 15.8. The molecule has 7 rings (SSSR count). The standard InChI is InChI=1S/C30H34N4O6S/c35-27-8-7-26(28(36)31-27)34-15-23-13-22(3-6-25(23)29(34)37)21-9-11-32(12-10-21)14-20-1-4-24(5-2-20)41(38,39)33-16-30(17-33)18-40-19-30/h1-6,13,21,26H,7-12,14-19H2,(H,31,35,36).